The van der Waals surface area contributed by atoms with Crippen LogP contribution in [0.15, 0.2) is 0 Å². The summed E-state index contributed by atoms with van der Waals surface area (Å²) in [6.45, 7) is 2.27. The zero-order valence-electron chi connectivity index (χ0n) is 13.2. The number of halogens is 1. The lowest BCUT2D eigenvalue weighted by atomic mass is 10.1. The van der Waals surface area contributed by atoms with Crippen molar-refractivity contribution >= 4 is 10.1 Å². The van der Waals surface area contributed by atoms with Gasteiger partial charge in [0.2, 0.25) is 0 Å². The van der Waals surface area contributed by atoms with E-state index in [0.717, 1.165) is 25.7 Å². The Morgan fingerprint density at radius 3 is 1.90 bits per heavy atom. The van der Waals surface area contributed by atoms with Gasteiger partial charge >= 0.3 is 0 Å². The van der Waals surface area contributed by atoms with E-state index in [-0.39, 0.29) is 18.5 Å². The molecule has 1 N–H and O–H groups in total. The van der Waals surface area contributed by atoms with E-state index in [1.807, 2.05) is 6.92 Å². The fourth-order valence-corrected chi connectivity index (χ4v) is 2.75. The summed E-state index contributed by atoms with van der Waals surface area (Å²) in [5.41, 5.74) is 0. The molecule has 4 nitrogen and oxygen atoms in total. The van der Waals surface area contributed by atoms with Crippen LogP contribution < -0.4 is 0 Å². The number of ether oxygens (including phenoxy) is 1. The van der Waals surface area contributed by atoms with Crippen molar-refractivity contribution < 1.29 is 22.1 Å². The molecule has 0 radical (unpaired) electrons. The maximum absolute atomic E-state index is 11.9. The first kappa shape index (κ1) is 20.8. The smallest absolute Gasteiger partial charge is 0.264 e. The number of unbranched alkanes of at least 4 members (excludes halogenated alkanes) is 8. The summed E-state index contributed by atoms with van der Waals surface area (Å²) in [5, 5.41) is 0. The Morgan fingerprint density at radius 1 is 0.952 bits per heavy atom. The molecule has 0 aromatic heterocycles. The third kappa shape index (κ3) is 17.7. The average Bonchev–Trinajstić information content (AvgIpc) is 2.42. The molecule has 0 bridgehead atoms. The van der Waals surface area contributed by atoms with Crippen molar-refractivity contribution in [2.24, 2.45) is 0 Å². The Balaban J connectivity index is 3.21. The molecule has 0 aromatic rings. The van der Waals surface area contributed by atoms with E-state index in [1.165, 1.54) is 25.7 Å². The molecule has 0 saturated heterocycles. The summed E-state index contributed by atoms with van der Waals surface area (Å²) in [6, 6.07) is 0. The molecule has 0 aliphatic rings. The van der Waals surface area contributed by atoms with E-state index in [0.29, 0.717) is 19.4 Å². The monoisotopic (exact) mass is 326 g/mol. The van der Waals surface area contributed by atoms with Gasteiger partial charge in [-0.3, -0.25) is 8.94 Å². The van der Waals surface area contributed by atoms with Gasteiger partial charge in [0.05, 0.1) is 18.5 Å². The second kappa shape index (κ2) is 13.5. The maximum atomic E-state index is 11.9. The van der Waals surface area contributed by atoms with Crippen LogP contribution in [0, 0.1) is 0 Å². The van der Waals surface area contributed by atoms with E-state index in [2.05, 4.69) is 0 Å². The molecular weight excluding hydrogens is 295 g/mol. The van der Waals surface area contributed by atoms with Crippen LogP contribution in [0.3, 0.4) is 0 Å². The fourth-order valence-electron chi connectivity index (χ4n) is 2.12. The number of hydrogen-bond donors (Lipinski definition) is 1. The molecule has 0 heterocycles. The van der Waals surface area contributed by atoms with Crippen LogP contribution in [0.4, 0.5) is 4.39 Å². The molecule has 0 aromatic carbocycles. The minimum Gasteiger partial charge on any atom is -0.378 e. The van der Waals surface area contributed by atoms with Crippen molar-refractivity contribution in [1.29, 1.82) is 0 Å². The first-order valence-electron chi connectivity index (χ1n) is 8.08. The van der Waals surface area contributed by atoms with Gasteiger partial charge in [0.25, 0.3) is 10.1 Å². The third-order valence-corrected chi connectivity index (χ3v) is 4.21. The summed E-state index contributed by atoms with van der Waals surface area (Å²) < 4.78 is 47.1. The Bertz CT molecular complexity index is 320. The predicted molar refractivity (Wildman–Crippen MR) is 84.0 cm³/mol. The first-order valence-corrected chi connectivity index (χ1v) is 9.69. The molecule has 1 atom stereocenters. The number of alkyl halides is 1. The largest absolute Gasteiger partial charge is 0.378 e. The van der Waals surface area contributed by atoms with Crippen molar-refractivity contribution in [2.45, 2.75) is 77.2 Å². The number of hydrogen-bond acceptors (Lipinski definition) is 3. The summed E-state index contributed by atoms with van der Waals surface area (Å²) in [7, 11) is -3.87. The van der Waals surface area contributed by atoms with Crippen LogP contribution in [-0.2, 0) is 14.9 Å². The molecule has 0 aliphatic heterocycles. The molecule has 0 fully saturated rings. The number of rotatable bonds is 15. The summed E-state index contributed by atoms with van der Waals surface area (Å²) >= 11 is 0. The van der Waals surface area contributed by atoms with Gasteiger partial charge in [-0.15, -0.1) is 0 Å². The van der Waals surface area contributed by atoms with E-state index >= 15 is 0 Å². The second-order valence-corrected chi connectivity index (χ2v) is 7.20. The lowest BCUT2D eigenvalue weighted by molar-refractivity contribution is 0.0610. The van der Waals surface area contributed by atoms with E-state index in [4.69, 9.17) is 9.29 Å². The molecule has 128 valence electrons. The van der Waals surface area contributed by atoms with Crippen molar-refractivity contribution in [2.75, 3.05) is 19.0 Å². The molecule has 6 heteroatoms. The Hall–Kier alpha value is -0.200. The molecule has 0 spiro atoms. The topological polar surface area (TPSA) is 63.6 Å². The Labute approximate surface area is 129 Å². The highest BCUT2D eigenvalue weighted by Crippen LogP contribution is 2.10. The van der Waals surface area contributed by atoms with Crippen molar-refractivity contribution in [3.05, 3.63) is 0 Å². The minimum atomic E-state index is -3.87. The van der Waals surface area contributed by atoms with Crippen LogP contribution in [-0.4, -0.2) is 38.1 Å². The SMILES string of the molecule is CC(CCS(=O)(=O)O)OCCCCCCCCCCCF. The summed E-state index contributed by atoms with van der Waals surface area (Å²) in [4.78, 5) is 0. The highest BCUT2D eigenvalue weighted by Gasteiger charge is 2.09. The fraction of sp³-hybridized carbons (Fsp3) is 1.00. The Morgan fingerprint density at radius 2 is 1.43 bits per heavy atom. The second-order valence-electron chi connectivity index (χ2n) is 5.63. The van der Waals surface area contributed by atoms with Crippen LogP contribution >= 0.6 is 0 Å². The summed E-state index contributed by atoms with van der Waals surface area (Å²) in [5.74, 6) is -0.240. The lowest BCUT2D eigenvalue weighted by Crippen LogP contribution is -2.15. The van der Waals surface area contributed by atoms with E-state index < -0.39 is 10.1 Å². The van der Waals surface area contributed by atoms with Gasteiger partial charge < -0.3 is 4.74 Å². The van der Waals surface area contributed by atoms with Gasteiger partial charge in [-0.1, -0.05) is 44.9 Å². The quantitative estimate of drug-likeness (QED) is 0.363. The van der Waals surface area contributed by atoms with Crippen LogP contribution in [0.5, 0.6) is 0 Å². The van der Waals surface area contributed by atoms with Crippen molar-refractivity contribution in [3.8, 4) is 0 Å². The van der Waals surface area contributed by atoms with E-state index in [1.54, 1.807) is 0 Å². The van der Waals surface area contributed by atoms with Crippen LogP contribution in [0.2, 0.25) is 0 Å². The lowest BCUT2D eigenvalue weighted by Gasteiger charge is -2.11. The highest BCUT2D eigenvalue weighted by molar-refractivity contribution is 7.85. The molecular formula is C15H31FO4S. The van der Waals surface area contributed by atoms with Gasteiger partial charge in [-0.25, -0.2) is 0 Å². The molecule has 0 amide bonds. The van der Waals surface area contributed by atoms with Gasteiger partial charge in [0.1, 0.15) is 0 Å². The first-order chi connectivity index (χ1) is 9.95. The normalized spacial score (nSPS) is 13.5. The maximum Gasteiger partial charge on any atom is 0.264 e. The van der Waals surface area contributed by atoms with Gasteiger partial charge in [-0.2, -0.15) is 8.42 Å². The zero-order chi connectivity index (χ0) is 16.0. The van der Waals surface area contributed by atoms with Gasteiger partial charge in [0.15, 0.2) is 0 Å². The zero-order valence-corrected chi connectivity index (χ0v) is 14.0. The molecule has 0 aliphatic carbocycles. The molecule has 1 unspecified atom stereocenters. The Kier molecular flexibility index (Phi) is 13.3. The van der Waals surface area contributed by atoms with Crippen LogP contribution in [0.25, 0.3) is 0 Å². The van der Waals surface area contributed by atoms with Crippen molar-refractivity contribution in [3.63, 3.8) is 0 Å². The molecule has 0 rings (SSSR count). The minimum absolute atomic E-state index is 0.137. The van der Waals surface area contributed by atoms with Gasteiger partial charge in [-0.05, 0) is 26.2 Å². The van der Waals surface area contributed by atoms with Crippen LogP contribution in [0.1, 0.15) is 71.1 Å². The predicted octanol–water partition coefficient (Wildman–Crippen LogP) is 4.15. The third-order valence-electron chi connectivity index (χ3n) is 3.46. The summed E-state index contributed by atoms with van der Waals surface area (Å²) in [6.07, 6.45) is 9.96. The molecule has 0 saturated carbocycles. The highest BCUT2D eigenvalue weighted by atomic mass is 32.2. The van der Waals surface area contributed by atoms with E-state index in [9.17, 15) is 12.8 Å². The molecule has 21 heavy (non-hydrogen) atoms. The average molecular weight is 326 g/mol. The van der Waals surface area contributed by atoms with Gasteiger partial charge in [0, 0.05) is 6.61 Å². The van der Waals surface area contributed by atoms with Crippen molar-refractivity contribution in [1.82, 2.24) is 0 Å². The standard InChI is InChI=1S/C15H31FO4S/c1-15(11-14-21(17,18)19)20-13-10-8-6-4-2-3-5-7-9-12-16/h15H,2-14H2,1H3,(H,17,18,19).